The van der Waals surface area contributed by atoms with E-state index >= 15 is 0 Å². The molecule has 0 saturated carbocycles. The average molecular weight is 326 g/mol. The highest BCUT2D eigenvalue weighted by molar-refractivity contribution is 5.86. The number of nitrogens with zero attached hydrogens (tertiary/aromatic N) is 2. The molecule has 0 aromatic carbocycles. The molecule has 2 saturated heterocycles. The summed E-state index contributed by atoms with van der Waals surface area (Å²) in [6.45, 7) is 9.46. The number of carbonyl (C=O) groups is 2. The lowest BCUT2D eigenvalue weighted by Crippen LogP contribution is -2.64. The van der Waals surface area contributed by atoms with Gasteiger partial charge >= 0.3 is 12.1 Å². The maximum Gasteiger partial charge on any atom is 0.411 e. The van der Waals surface area contributed by atoms with E-state index in [9.17, 15) is 14.7 Å². The molecule has 0 aromatic heterocycles. The van der Waals surface area contributed by atoms with Gasteiger partial charge in [0.25, 0.3) is 0 Å². The van der Waals surface area contributed by atoms with Crippen LogP contribution in [0.5, 0.6) is 0 Å². The van der Waals surface area contributed by atoms with Crippen LogP contribution in [0.2, 0.25) is 0 Å². The van der Waals surface area contributed by atoms with Gasteiger partial charge in [-0.05, 0) is 53.0 Å². The van der Waals surface area contributed by atoms with Crippen LogP contribution in [0.3, 0.4) is 0 Å². The van der Waals surface area contributed by atoms with Crippen LogP contribution < -0.4 is 0 Å². The molecule has 0 aromatic rings. The maximum atomic E-state index is 12.7. The smallest absolute Gasteiger partial charge is 0.411 e. The van der Waals surface area contributed by atoms with Gasteiger partial charge in [-0.1, -0.05) is 13.3 Å². The second-order valence-corrected chi connectivity index (χ2v) is 7.66. The number of rotatable bonds is 4. The molecule has 6 heteroatoms. The standard InChI is InChI=1S/C17H30N2O4/c1-5-10-19(15(22)23-16(2,3)4)17(14(20)21)9-12-18-11-7-6-8-13(17)18/h13H,5-12H2,1-4H3,(H,20,21). The Labute approximate surface area is 138 Å². The van der Waals surface area contributed by atoms with Crippen LogP contribution in [0.4, 0.5) is 4.79 Å². The van der Waals surface area contributed by atoms with Crippen molar-refractivity contribution in [3.05, 3.63) is 0 Å². The van der Waals surface area contributed by atoms with Crippen LogP contribution in [0, 0.1) is 0 Å². The molecule has 2 heterocycles. The Bertz CT molecular complexity index is 460. The van der Waals surface area contributed by atoms with Gasteiger partial charge in [0.15, 0.2) is 5.54 Å². The van der Waals surface area contributed by atoms with Gasteiger partial charge < -0.3 is 9.84 Å². The minimum atomic E-state index is -1.15. The number of aliphatic carboxylic acids is 1. The van der Waals surface area contributed by atoms with Gasteiger partial charge in [-0.15, -0.1) is 0 Å². The topological polar surface area (TPSA) is 70.1 Å². The van der Waals surface area contributed by atoms with Crippen molar-refractivity contribution in [1.82, 2.24) is 9.80 Å². The number of hydrogen-bond donors (Lipinski definition) is 1. The number of fused-ring (bicyclic) bond motifs is 1. The molecule has 0 radical (unpaired) electrons. The summed E-state index contributed by atoms with van der Waals surface area (Å²) in [4.78, 5) is 28.8. The number of ether oxygens (including phenoxy) is 1. The molecule has 2 aliphatic rings. The molecule has 23 heavy (non-hydrogen) atoms. The summed E-state index contributed by atoms with van der Waals surface area (Å²) >= 11 is 0. The quantitative estimate of drug-likeness (QED) is 0.860. The second-order valence-electron chi connectivity index (χ2n) is 7.66. The summed E-state index contributed by atoms with van der Waals surface area (Å²) in [5.41, 5.74) is -1.79. The molecule has 2 rings (SSSR count). The molecular weight excluding hydrogens is 296 g/mol. The lowest BCUT2D eigenvalue weighted by molar-refractivity contribution is -0.154. The first-order chi connectivity index (χ1) is 10.7. The molecule has 0 bridgehead atoms. The molecule has 2 atom stereocenters. The summed E-state index contributed by atoms with van der Waals surface area (Å²) in [6, 6.07) is -0.104. The molecule has 1 N–H and O–H groups in total. The van der Waals surface area contributed by atoms with Crippen molar-refractivity contribution < 1.29 is 19.4 Å². The van der Waals surface area contributed by atoms with Gasteiger partial charge in [-0.2, -0.15) is 0 Å². The van der Waals surface area contributed by atoms with E-state index in [0.29, 0.717) is 19.4 Å². The monoisotopic (exact) mass is 326 g/mol. The third-order valence-corrected chi connectivity index (χ3v) is 4.86. The van der Waals surface area contributed by atoms with E-state index < -0.39 is 23.2 Å². The van der Waals surface area contributed by atoms with E-state index in [1.54, 1.807) is 0 Å². The predicted molar refractivity (Wildman–Crippen MR) is 87.4 cm³/mol. The van der Waals surface area contributed by atoms with Crippen molar-refractivity contribution in [3.8, 4) is 0 Å². The molecule has 6 nitrogen and oxygen atoms in total. The molecular formula is C17H30N2O4. The van der Waals surface area contributed by atoms with Crippen molar-refractivity contribution in [2.24, 2.45) is 0 Å². The van der Waals surface area contributed by atoms with Gasteiger partial charge in [0.1, 0.15) is 5.60 Å². The van der Waals surface area contributed by atoms with E-state index in [1.807, 2.05) is 27.7 Å². The number of carboxylic acid groups (broad SMARTS) is 1. The van der Waals surface area contributed by atoms with Gasteiger partial charge in [-0.3, -0.25) is 9.80 Å². The van der Waals surface area contributed by atoms with Gasteiger partial charge in [0.05, 0.1) is 0 Å². The first-order valence-corrected chi connectivity index (χ1v) is 8.70. The van der Waals surface area contributed by atoms with Crippen LogP contribution >= 0.6 is 0 Å². The lowest BCUT2D eigenvalue weighted by atomic mass is 9.83. The number of piperidine rings is 1. The zero-order valence-electron chi connectivity index (χ0n) is 14.8. The fourth-order valence-corrected chi connectivity index (χ4v) is 3.95. The van der Waals surface area contributed by atoms with E-state index in [4.69, 9.17) is 4.74 Å². The Kier molecular flexibility index (Phi) is 5.23. The van der Waals surface area contributed by atoms with Crippen LogP contribution in [-0.2, 0) is 9.53 Å². The summed E-state index contributed by atoms with van der Waals surface area (Å²) < 4.78 is 5.52. The second kappa shape index (κ2) is 6.67. The Morgan fingerprint density at radius 3 is 2.57 bits per heavy atom. The minimum Gasteiger partial charge on any atom is -0.479 e. The van der Waals surface area contributed by atoms with Crippen LogP contribution in [0.15, 0.2) is 0 Å². The van der Waals surface area contributed by atoms with Crippen molar-refractivity contribution in [1.29, 1.82) is 0 Å². The largest absolute Gasteiger partial charge is 0.479 e. The van der Waals surface area contributed by atoms with E-state index in [2.05, 4.69) is 4.90 Å². The average Bonchev–Trinajstić information content (AvgIpc) is 2.83. The first kappa shape index (κ1) is 18.0. The van der Waals surface area contributed by atoms with Crippen molar-refractivity contribution >= 4 is 12.1 Å². The summed E-state index contributed by atoms with van der Waals surface area (Å²) in [6.07, 6.45) is 3.63. The Balaban J connectivity index is 2.35. The zero-order valence-corrected chi connectivity index (χ0v) is 14.8. The first-order valence-electron chi connectivity index (χ1n) is 8.70. The molecule has 2 fully saturated rings. The highest BCUT2D eigenvalue weighted by atomic mass is 16.6. The highest BCUT2D eigenvalue weighted by Crippen LogP contribution is 2.40. The van der Waals surface area contributed by atoms with Crippen molar-refractivity contribution in [3.63, 3.8) is 0 Å². The Morgan fingerprint density at radius 1 is 1.30 bits per heavy atom. The summed E-state index contributed by atoms with van der Waals surface area (Å²) in [7, 11) is 0. The molecule has 0 spiro atoms. The normalized spacial score (nSPS) is 28.3. The van der Waals surface area contributed by atoms with Crippen molar-refractivity contribution in [2.45, 2.75) is 77.0 Å². The Hall–Kier alpha value is -1.30. The van der Waals surface area contributed by atoms with Crippen LogP contribution in [0.25, 0.3) is 0 Å². The number of hydrogen-bond acceptors (Lipinski definition) is 4. The van der Waals surface area contributed by atoms with Crippen LogP contribution in [0.1, 0.15) is 59.8 Å². The zero-order chi connectivity index (χ0) is 17.3. The molecule has 2 unspecified atom stereocenters. The van der Waals surface area contributed by atoms with Gasteiger partial charge in [-0.25, -0.2) is 9.59 Å². The number of carbonyl (C=O) groups excluding carboxylic acids is 1. The molecule has 2 aliphatic heterocycles. The predicted octanol–water partition coefficient (Wildman–Crippen LogP) is 2.72. The Morgan fingerprint density at radius 2 is 2.00 bits per heavy atom. The highest BCUT2D eigenvalue weighted by Gasteiger charge is 2.59. The summed E-state index contributed by atoms with van der Waals surface area (Å²) in [5.74, 6) is -0.897. The third kappa shape index (κ3) is 3.47. The lowest BCUT2D eigenvalue weighted by Gasteiger charge is -2.44. The molecule has 1 amide bonds. The van der Waals surface area contributed by atoms with E-state index in [1.165, 1.54) is 4.90 Å². The van der Waals surface area contributed by atoms with Gasteiger partial charge in [0, 0.05) is 19.1 Å². The molecule has 0 aliphatic carbocycles. The van der Waals surface area contributed by atoms with Crippen molar-refractivity contribution in [2.75, 3.05) is 19.6 Å². The summed E-state index contributed by atoms with van der Waals surface area (Å²) in [5, 5.41) is 10.1. The molecule has 132 valence electrons. The fourth-order valence-electron chi connectivity index (χ4n) is 3.95. The number of carboxylic acids is 1. The SMILES string of the molecule is CCCN(C(=O)OC(C)(C)C)C1(C(=O)O)CCN2CCCCC21. The third-order valence-electron chi connectivity index (χ3n) is 4.86. The fraction of sp³-hybridized carbons (Fsp3) is 0.882. The van der Waals surface area contributed by atoms with E-state index in [0.717, 1.165) is 32.4 Å². The maximum absolute atomic E-state index is 12.7. The van der Waals surface area contributed by atoms with Gasteiger partial charge in [0.2, 0.25) is 0 Å². The minimum absolute atomic E-state index is 0.104. The number of amides is 1. The van der Waals surface area contributed by atoms with E-state index in [-0.39, 0.29) is 6.04 Å². The van der Waals surface area contributed by atoms with Crippen LogP contribution in [-0.4, -0.2) is 63.8 Å².